The lowest BCUT2D eigenvalue weighted by Gasteiger charge is -2.27. The third-order valence-corrected chi connectivity index (χ3v) is 3.82. The van der Waals surface area contributed by atoms with Gasteiger partial charge in [0.2, 0.25) is 0 Å². The molecule has 21 heavy (non-hydrogen) atoms. The second-order valence-electron chi connectivity index (χ2n) is 5.28. The van der Waals surface area contributed by atoms with Crippen LogP contribution in [-0.2, 0) is 0 Å². The van der Waals surface area contributed by atoms with Crippen LogP contribution in [0.15, 0.2) is 29.3 Å². The van der Waals surface area contributed by atoms with Gasteiger partial charge in [-0.2, -0.15) is 0 Å². The third-order valence-electron chi connectivity index (χ3n) is 3.82. The Morgan fingerprint density at radius 3 is 2.90 bits per heavy atom. The van der Waals surface area contributed by atoms with Crippen molar-refractivity contribution in [2.75, 3.05) is 20.2 Å². The summed E-state index contributed by atoms with van der Waals surface area (Å²) in [5, 5.41) is 6.82. The van der Waals surface area contributed by atoms with E-state index in [4.69, 9.17) is 4.74 Å². The molecule has 1 heterocycles. The number of para-hydroxylation sites is 1. The highest BCUT2D eigenvalue weighted by Crippen LogP contribution is 2.32. The molecule has 1 aromatic rings. The van der Waals surface area contributed by atoms with Crippen LogP contribution < -0.4 is 15.4 Å². The van der Waals surface area contributed by atoms with E-state index < -0.39 is 0 Å². The molecule has 0 fully saturated rings. The first-order chi connectivity index (χ1) is 9.74. The van der Waals surface area contributed by atoms with E-state index in [1.165, 1.54) is 5.56 Å². The highest BCUT2D eigenvalue weighted by atomic mass is 127. The average Bonchev–Trinajstić information content (AvgIpc) is 2.51. The molecule has 0 spiro atoms. The molecule has 118 valence electrons. The van der Waals surface area contributed by atoms with Crippen molar-refractivity contribution < 1.29 is 4.74 Å². The lowest BCUT2D eigenvalue weighted by molar-refractivity contribution is 0.267. The molecule has 2 rings (SSSR count). The Bertz CT molecular complexity index is 465. The normalized spacial score (nSPS) is 18.8. The maximum atomic E-state index is 5.70. The quantitative estimate of drug-likeness (QED) is 0.461. The molecule has 4 nitrogen and oxygen atoms in total. The van der Waals surface area contributed by atoms with Crippen LogP contribution in [0.5, 0.6) is 5.75 Å². The molecular weight excluding hydrogens is 377 g/mol. The standard InChI is InChI=1S/C16H25N3O.HI/c1-4-12(2)19-16(17-3)18-11-13-9-10-20-15-8-6-5-7-14(13)15;/h5-8,12-13H,4,9-11H2,1-3H3,(H2,17,18,19);1H. The fourth-order valence-electron chi connectivity index (χ4n) is 2.38. The maximum absolute atomic E-state index is 5.70. The number of guanidine groups is 1. The zero-order valence-electron chi connectivity index (χ0n) is 13.1. The van der Waals surface area contributed by atoms with Gasteiger partial charge in [0, 0.05) is 25.6 Å². The smallest absolute Gasteiger partial charge is 0.191 e. The van der Waals surface area contributed by atoms with Crippen LogP contribution in [0.1, 0.15) is 38.2 Å². The second kappa shape index (κ2) is 9.12. The van der Waals surface area contributed by atoms with Gasteiger partial charge in [0.1, 0.15) is 5.75 Å². The van der Waals surface area contributed by atoms with Crippen LogP contribution in [-0.4, -0.2) is 32.2 Å². The van der Waals surface area contributed by atoms with Crippen LogP contribution in [0.2, 0.25) is 0 Å². The minimum Gasteiger partial charge on any atom is -0.493 e. The van der Waals surface area contributed by atoms with Crippen LogP contribution >= 0.6 is 24.0 Å². The summed E-state index contributed by atoms with van der Waals surface area (Å²) >= 11 is 0. The van der Waals surface area contributed by atoms with Crippen LogP contribution in [0.4, 0.5) is 0 Å². The van der Waals surface area contributed by atoms with E-state index >= 15 is 0 Å². The first-order valence-electron chi connectivity index (χ1n) is 7.43. The fourth-order valence-corrected chi connectivity index (χ4v) is 2.38. The van der Waals surface area contributed by atoms with Gasteiger partial charge in [-0.1, -0.05) is 25.1 Å². The van der Waals surface area contributed by atoms with E-state index in [2.05, 4.69) is 41.6 Å². The Morgan fingerprint density at radius 1 is 1.43 bits per heavy atom. The number of benzene rings is 1. The molecule has 1 aliphatic rings. The SMILES string of the molecule is CCC(C)NC(=NC)NCC1CCOc2ccccc21.I. The van der Waals surface area contributed by atoms with E-state index in [1.54, 1.807) is 0 Å². The van der Waals surface area contributed by atoms with Crippen molar-refractivity contribution in [1.82, 2.24) is 10.6 Å². The minimum absolute atomic E-state index is 0. The van der Waals surface area contributed by atoms with E-state index in [0.29, 0.717) is 12.0 Å². The van der Waals surface area contributed by atoms with Gasteiger partial charge in [-0.05, 0) is 31.4 Å². The van der Waals surface area contributed by atoms with Gasteiger partial charge < -0.3 is 15.4 Å². The summed E-state index contributed by atoms with van der Waals surface area (Å²) in [7, 11) is 1.82. The van der Waals surface area contributed by atoms with Crippen LogP contribution in [0.25, 0.3) is 0 Å². The van der Waals surface area contributed by atoms with Gasteiger partial charge in [0.25, 0.3) is 0 Å². The van der Waals surface area contributed by atoms with Crippen molar-refractivity contribution in [1.29, 1.82) is 0 Å². The molecule has 0 aromatic heterocycles. The number of nitrogens with one attached hydrogen (secondary N) is 2. The molecule has 0 aliphatic carbocycles. The summed E-state index contributed by atoms with van der Waals surface area (Å²) in [4.78, 5) is 4.28. The third kappa shape index (κ3) is 5.05. The molecule has 0 amide bonds. The molecule has 1 aliphatic heterocycles. The molecule has 5 heteroatoms. The van der Waals surface area contributed by atoms with Gasteiger partial charge in [-0.25, -0.2) is 0 Å². The highest BCUT2D eigenvalue weighted by molar-refractivity contribution is 14.0. The number of fused-ring (bicyclic) bond motifs is 1. The molecule has 0 saturated heterocycles. The van der Waals surface area contributed by atoms with E-state index in [0.717, 1.165) is 37.7 Å². The number of hydrogen-bond donors (Lipinski definition) is 2. The predicted octanol–water partition coefficient (Wildman–Crippen LogP) is 3.13. The Hall–Kier alpha value is -0.980. The van der Waals surface area contributed by atoms with E-state index in [-0.39, 0.29) is 24.0 Å². The predicted molar refractivity (Wildman–Crippen MR) is 99.0 cm³/mol. The van der Waals surface area contributed by atoms with Crippen molar-refractivity contribution in [3.63, 3.8) is 0 Å². The molecule has 0 saturated carbocycles. The molecule has 2 N–H and O–H groups in total. The van der Waals surface area contributed by atoms with Gasteiger partial charge in [0.15, 0.2) is 5.96 Å². The zero-order chi connectivity index (χ0) is 14.4. The summed E-state index contributed by atoms with van der Waals surface area (Å²) < 4.78 is 5.70. The van der Waals surface area contributed by atoms with E-state index in [9.17, 15) is 0 Å². The highest BCUT2D eigenvalue weighted by Gasteiger charge is 2.21. The fraction of sp³-hybridized carbons (Fsp3) is 0.562. The van der Waals surface area contributed by atoms with Crippen LogP contribution in [0.3, 0.4) is 0 Å². The number of halogens is 1. The molecular formula is C16H26IN3O. The summed E-state index contributed by atoms with van der Waals surface area (Å²) in [5.74, 6) is 2.38. The Morgan fingerprint density at radius 2 is 2.19 bits per heavy atom. The molecule has 2 unspecified atom stereocenters. The summed E-state index contributed by atoms with van der Waals surface area (Å²) in [6.07, 6.45) is 2.13. The number of aliphatic imine (C=N–C) groups is 1. The van der Waals surface area contributed by atoms with E-state index in [1.807, 2.05) is 19.2 Å². The van der Waals surface area contributed by atoms with Gasteiger partial charge in [-0.3, -0.25) is 4.99 Å². The number of ether oxygens (including phenoxy) is 1. The van der Waals surface area contributed by atoms with Crippen molar-refractivity contribution in [3.05, 3.63) is 29.8 Å². The van der Waals surface area contributed by atoms with Crippen molar-refractivity contribution in [2.45, 2.75) is 38.6 Å². The number of rotatable bonds is 4. The largest absolute Gasteiger partial charge is 0.493 e. The monoisotopic (exact) mass is 403 g/mol. The second-order valence-corrected chi connectivity index (χ2v) is 5.28. The zero-order valence-corrected chi connectivity index (χ0v) is 15.4. The molecule has 1 aromatic carbocycles. The molecule has 0 bridgehead atoms. The van der Waals surface area contributed by atoms with Crippen molar-refractivity contribution in [2.24, 2.45) is 4.99 Å². The van der Waals surface area contributed by atoms with Gasteiger partial charge in [0.05, 0.1) is 6.61 Å². The number of nitrogens with zero attached hydrogens (tertiary/aromatic N) is 1. The summed E-state index contributed by atoms with van der Waals surface area (Å²) in [5.41, 5.74) is 1.30. The van der Waals surface area contributed by atoms with Crippen LogP contribution in [0, 0.1) is 0 Å². The molecule has 0 radical (unpaired) electrons. The number of hydrogen-bond acceptors (Lipinski definition) is 2. The minimum atomic E-state index is 0. The van der Waals surface area contributed by atoms with Crippen molar-refractivity contribution in [3.8, 4) is 5.75 Å². The Balaban J connectivity index is 0.00000220. The first kappa shape index (κ1) is 18.1. The Labute approximate surface area is 144 Å². The lowest BCUT2D eigenvalue weighted by atomic mass is 9.93. The average molecular weight is 403 g/mol. The summed E-state index contributed by atoms with van der Waals surface area (Å²) in [6.45, 7) is 6.01. The maximum Gasteiger partial charge on any atom is 0.191 e. The topological polar surface area (TPSA) is 45.7 Å². The first-order valence-corrected chi connectivity index (χ1v) is 7.43. The molecule has 2 atom stereocenters. The van der Waals surface area contributed by atoms with Crippen molar-refractivity contribution >= 4 is 29.9 Å². The Kier molecular flexibility index (Phi) is 7.85. The van der Waals surface area contributed by atoms with Gasteiger partial charge >= 0.3 is 0 Å². The lowest BCUT2D eigenvalue weighted by Crippen LogP contribution is -2.43. The van der Waals surface area contributed by atoms with Gasteiger partial charge in [-0.15, -0.1) is 24.0 Å². The summed E-state index contributed by atoms with van der Waals surface area (Å²) in [6, 6.07) is 8.74.